The molecule has 0 unspecified atom stereocenters. The molecule has 7 nitrogen and oxygen atoms in total. The lowest BCUT2D eigenvalue weighted by molar-refractivity contribution is 0.772. The fourth-order valence-corrected chi connectivity index (χ4v) is 2.42. The van der Waals surface area contributed by atoms with Crippen LogP contribution >= 0.6 is 11.3 Å². The van der Waals surface area contributed by atoms with Gasteiger partial charge in [0.15, 0.2) is 17.1 Å². The van der Waals surface area contributed by atoms with Gasteiger partial charge in [0.1, 0.15) is 0 Å². The smallest absolute Gasteiger partial charge is 0.281 e. The number of aromatic amines is 1. The van der Waals surface area contributed by atoms with Gasteiger partial charge in [-0.25, -0.2) is 0 Å². The molecule has 3 aromatic rings. The van der Waals surface area contributed by atoms with Crippen molar-refractivity contribution >= 4 is 34.4 Å². The van der Waals surface area contributed by atoms with E-state index in [9.17, 15) is 4.79 Å². The van der Waals surface area contributed by atoms with Gasteiger partial charge < -0.3 is 16.5 Å². The highest BCUT2D eigenvalue weighted by molar-refractivity contribution is 7.09. The van der Waals surface area contributed by atoms with Crippen molar-refractivity contribution in [2.75, 3.05) is 11.5 Å². The van der Waals surface area contributed by atoms with Gasteiger partial charge in [-0.15, -0.1) is 11.3 Å². The van der Waals surface area contributed by atoms with Crippen LogP contribution in [0.2, 0.25) is 0 Å². The molecule has 92 valence electrons. The molecule has 0 amide bonds. The highest BCUT2D eigenvalue weighted by Gasteiger charge is 2.12. The zero-order valence-electron chi connectivity index (χ0n) is 9.25. The highest BCUT2D eigenvalue weighted by Crippen LogP contribution is 2.13. The molecule has 0 bridgehead atoms. The second kappa shape index (κ2) is 3.84. The molecule has 0 aromatic carbocycles. The first-order valence-electron chi connectivity index (χ1n) is 5.19. The van der Waals surface area contributed by atoms with Gasteiger partial charge in [0.2, 0.25) is 5.95 Å². The Morgan fingerprint density at radius 2 is 2.22 bits per heavy atom. The molecule has 18 heavy (non-hydrogen) atoms. The molecule has 8 heteroatoms. The van der Waals surface area contributed by atoms with Crippen LogP contribution in [0, 0.1) is 0 Å². The third-order valence-corrected chi connectivity index (χ3v) is 3.41. The van der Waals surface area contributed by atoms with E-state index in [-0.39, 0.29) is 28.6 Å². The number of hydrogen-bond donors (Lipinski definition) is 3. The molecule has 0 radical (unpaired) electrons. The lowest BCUT2D eigenvalue weighted by Gasteiger charge is -2.06. The van der Waals surface area contributed by atoms with Crippen molar-refractivity contribution < 1.29 is 0 Å². The van der Waals surface area contributed by atoms with E-state index in [1.54, 1.807) is 11.3 Å². The van der Waals surface area contributed by atoms with Crippen LogP contribution in [0.4, 0.5) is 11.9 Å². The Labute approximate surface area is 105 Å². The fraction of sp³-hybridized carbons (Fsp3) is 0.100. The molecule has 0 atom stereocenters. The lowest BCUT2D eigenvalue weighted by atomic mass is 10.4. The first kappa shape index (κ1) is 10.8. The summed E-state index contributed by atoms with van der Waals surface area (Å²) in [5, 5.41) is 1.94. The minimum absolute atomic E-state index is 0.132. The van der Waals surface area contributed by atoms with Crippen LogP contribution in [0.25, 0.3) is 11.2 Å². The van der Waals surface area contributed by atoms with E-state index in [1.807, 2.05) is 17.5 Å². The SMILES string of the molecule is Nc1nc2nc(N)n(Cc3cccs3)c(=O)c2[nH]1. The van der Waals surface area contributed by atoms with E-state index in [1.165, 1.54) is 4.57 Å². The molecule has 0 aliphatic rings. The summed E-state index contributed by atoms with van der Waals surface area (Å²) in [7, 11) is 0. The van der Waals surface area contributed by atoms with Gasteiger partial charge in [0.05, 0.1) is 6.54 Å². The van der Waals surface area contributed by atoms with Crippen molar-refractivity contribution in [3.8, 4) is 0 Å². The summed E-state index contributed by atoms with van der Waals surface area (Å²) < 4.78 is 1.39. The number of imidazole rings is 1. The molecule has 0 saturated heterocycles. The summed E-state index contributed by atoms with van der Waals surface area (Å²) in [5.41, 5.74) is 11.5. The van der Waals surface area contributed by atoms with Gasteiger partial charge in [-0.1, -0.05) is 6.07 Å². The zero-order valence-corrected chi connectivity index (χ0v) is 10.1. The summed E-state index contributed by atoms with van der Waals surface area (Å²) in [6.45, 7) is 0.393. The molecule has 3 aromatic heterocycles. The highest BCUT2D eigenvalue weighted by atomic mass is 32.1. The van der Waals surface area contributed by atoms with Gasteiger partial charge in [-0.05, 0) is 11.4 Å². The maximum absolute atomic E-state index is 12.2. The minimum Gasteiger partial charge on any atom is -0.369 e. The number of fused-ring (bicyclic) bond motifs is 1. The average molecular weight is 262 g/mol. The minimum atomic E-state index is -0.268. The average Bonchev–Trinajstić information content (AvgIpc) is 2.93. The number of thiophene rings is 1. The number of aromatic nitrogens is 4. The lowest BCUT2D eigenvalue weighted by Crippen LogP contribution is -2.24. The predicted molar refractivity (Wildman–Crippen MR) is 70.4 cm³/mol. The molecule has 5 N–H and O–H groups in total. The number of nitrogen functional groups attached to an aromatic ring is 2. The third-order valence-electron chi connectivity index (χ3n) is 2.55. The van der Waals surface area contributed by atoms with Gasteiger partial charge in [0.25, 0.3) is 5.56 Å². The van der Waals surface area contributed by atoms with Gasteiger partial charge in [0, 0.05) is 4.88 Å². The van der Waals surface area contributed by atoms with Gasteiger partial charge in [-0.2, -0.15) is 9.97 Å². The number of hydrogen-bond acceptors (Lipinski definition) is 6. The number of rotatable bonds is 2. The largest absolute Gasteiger partial charge is 0.369 e. The van der Waals surface area contributed by atoms with Crippen molar-refractivity contribution in [2.45, 2.75) is 6.54 Å². The van der Waals surface area contributed by atoms with Crippen LogP contribution < -0.4 is 17.0 Å². The van der Waals surface area contributed by atoms with Crippen molar-refractivity contribution in [1.29, 1.82) is 0 Å². The zero-order chi connectivity index (χ0) is 12.7. The van der Waals surface area contributed by atoms with E-state index < -0.39 is 0 Å². The summed E-state index contributed by atoms with van der Waals surface area (Å²) in [6.07, 6.45) is 0. The van der Waals surface area contributed by atoms with Gasteiger partial charge >= 0.3 is 0 Å². The van der Waals surface area contributed by atoms with Crippen molar-refractivity contribution in [3.63, 3.8) is 0 Å². The monoisotopic (exact) mass is 262 g/mol. The summed E-state index contributed by atoms with van der Waals surface area (Å²) in [4.78, 5) is 23.9. The van der Waals surface area contributed by atoms with E-state index in [0.717, 1.165) is 4.88 Å². The Hall–Kier alpha value is -2.35. The van der Waals surface area contributed by atoms with E-state index >= 15 is 0 Å². The third kappa shape index (κ3) is 1.63. The second-order valence-electron chi connectivity index (χ2n) is 3.76. The standard InChI is InChI=1S/C10H10N6OS/c11-9-13-6-7(14-9)15-10(12)16(8(6)17)4-5-2-1-3-18-5/h1-3H,4H2,(H2,12,15)(H3,11,13,14). The second-order valence-corrected chi connectivity index (χ2v) is 4.79. The Bertz CT molecular complexity index is 757. The number of nitrogens with zero attached hydrogens (tertiary/aromatic N) is 3. The van der Waals surface area contributed by atoms with Crippen LogP contribution in [0.1, 0.15) is 4.88 Å². The fourth-order valence-electron chi connectivity index (χ4n) is 1.73. The first-order chi connectivity index (χ1) is 8.65. The van der Waals surface area contributed by atoms with Crippen molar-refractivity contribution in [1.82, 2.24) is 19.5 Å². The Morgan fingerprint density at radius 3 is 2.94 bits per heavy atom. The molecule has 3 heterocycles. The van der Waals surface area contributed by atoms with Crippen LogP contribution in [-0.2, 0) is 6.54 Å². The van der Waals surface area contributed by atoms with Crippen LogP contribution in [0.15, 0.2) is 22.3 Å². The van der Waals surface area contributed by atoms with Crippen molar-refractivity contribution in [3.05, 3.63) is 32.7 Å². The topological polar surface area (TPSA) is 116 Å². The summed E-state index contributed by atoms with van der Waals surface area (Å²) in [5.74, 6) is 0.287. The molecule has 3 rings (SSSR count). The van der Waals surface area contributed by atoms with Crippen LogP contribution in [0.3, 0.4) is 0 Å². The normalized spacial score (nSPS) is 11.1. The quantitative estimate of drug-likeness (QED) is 0.618. The van der Waals surface area contributed by atoms with E-state index in [4.69, 9.17) is 11.5 Å². The molecule has 0 fully saturated rings. The molecular weight excluding hydrogens is 252 g/mol. The number of anilines is 2. The number of H-pyrrole nitrogens is 1. The summed E-state index contributed by atoms with van der Waals surface area (Å²) >= 11 is 1.55. The molecule has 0 spiro atoms. The molecule has 0 aliphatic carbocycles. The Balaban J connectivity index is 2.19. The molecule has 0 saturated carbocycles. The van der Waals surface area contributed by atoms with Crippen LogP contribution in [-0.4, -0.2) is 19.5 Å². The maximum atomic E-state index is 12.2. The predicted octanol–water partition coefficient (Wildman–Crippen LogP) is 0.394. The Kier molecular flexibility index (Phi) is 2.30. The van der Waals surface area contributed by atoms with E-state index in [0.29, 0.717) is 6.54 Å². The van der Waals surface area contributed by atoms with E-state index in [2.05, 4.69) is 15.0 Å². The van der Waals surface area contributed by atoms with Crippen LogP contribution in [0.5, 0.6) is 0 Å². The molecule has 0 aliphatic heterocycles. The Morgan fingerprint density at radius 1 is 1.39 bits per heavy atom. The number of nitrogens with two attached hydrogens (primary N) is 2. The van der Waals surface area contributed by atoms with Crippen molar-refractivity contribution in [2.24, 2.45) is 0 Å². The number of nitrogens with one attached hydrogen (secondary N) is 1. The molecular formula is C10H10N6OS. The maximum Gasteiger partial charge on any atom is 0.281 e. The summed E-state index contributed by atoms with van der Waals surface area (Å²) in [6, 6.07) is 3.85. The first-order valence-corrected chi connectivity index (χ1v) is 6.07. The van der Waals surface area contributed by atoms with Gasteiger partial charge in [-0.3, -0.25) is 9.36 Å².